The molecule has 2 N–H and O–H groups in total. The molecule has 3 fully saturated rings. The molecule has 9 nitrogen and oxygen atoms in total. The van der Waals surface area contributed by atoms with Gasteiger partial charge in [0.15, 0.2) is 0 Å². The van der Waals surface area contributed by atoms with Crippen LogP contribution in [0.3, 0.4) is 0 Å². The van der Waals surface area contributed by atoms with Crippen LogP contribution in [0, 0.1) is 11.8 Å². The lowest BCUT2D eigenvalue weighted by molar-refractivity contribution is -0.148. The van der Waals surface area contributed by atoms with Gasteiger partial charge in [-0.05, 0) is 80.0 Å². The zero-order chi connectivity index (χ0) is 31.3. The van der Waals surface area contributed by atoms with Crippen molar-refractivity contribution in [2.45, 2.75) is 63.1 Å². The number of benzene rings is 1. The van der Waals surface area contributed by atoms with E-state index in [1.165, 1.54) is 4.90 Å². The van der Waals surface area contributed by atoms with Crippen LogP contribution in [0.25, 0.3) is 0 Å². The van der Waals surface area contributed by atoms with E-state index in [4.69, 9.17) is 9.47 Å². The van der Waals surface area contributed by atoms with Crippen LogP contribution in [-0.2, 0) is 4.79 Å². The van der Waals surface area contributed by atoms with Crippen LogP contribution in [0.2, 0.25) is 0 Å². The van der Waals surface area contributed by atoms with Gasteiger partial charge in [0.25, 0.3) is 5.91 Å². The van der Waals surface area contributed by atoms with Crippen LogP contribution < -0.4 is 19.7 Å². The summed E-state index contributed by atoms with van der Waals surface area (Å²) >= 11 is 0. The number of aliphatic carboxylic acids is 1. The first-order chi connectivity index (χ1) is 21.1. The molecule has 44 heavy (non-hydrogen) atoms. The van der Waals surface area contributed by atoms with Crippen molar-refractivity contribution in [2.24, 2.45) is 11.8 Å². The number of piperidine rings is 2. The van der Waals surface area contributed by atoms with E-state index in [1.54, 1.807) is 25.4 Å². The van der Waals surface area contributed by atoms with Gasteiger partial charge in [-0.1, -0.05) is 0 Å². The van der Waals surface area contributed by atoms with Crippen LogP contribution in [0.4, 0.5) is 18.9 Å². The molecular formula is C32H41F3N4O5. The lowest BCUT2D eigenvalue weighted by Gasteiger charge is -2.35. The maximum absolute atomic E-state index is 13.4. The third kappa shape index (κ3) is 8.77. The number of carboxylic acid groups (broad SMARTS) is 1. The lowest BCUT2D eigenvalue weighted by atomic mass is 9.92. The molecule has 240 valence electrons. The van der Waals surface area contributed by atoms with Crippen LogP contribution in [-0.4, -0.2) is 85.5 Å². The van der Waals surface area contributed by atoms with E-state index < -0.39 is 18.7 Å². The van der Waals surface area contributed by atoms with E-state index in [1.807, 2.05) is 18.2 Å². The summed E-state index contributed by atoms with van der Waals surface area (Å²) < 4.78 is 49.8. The number of carboxylic acids is 1. The third-order valence-corrected chi connectivity index (χ3v) is 8.97. The van der Waals surface area contributed by atoms with Gasteiger partial charge in [0.1, 0.15) is 5.75 Å². The maximum Gasteiger partial charge on any atom is 0.401 e. The third-order valence-electron chi connectivity index (χ3n) is 8.97. The van der Waals surface area contributed by atoms with Crippen molar-refractivity contribution in [3.63, 3.8) is 0 Å². The van der Waals surface area contributed by atoms with Gasteiger partial charge < -0.3 is 24.8 Å². The van der Waals surface area contributed by atoms with Crippen molar-refractivity contribution in [3.05, 3.63) is 47.7 Å². The molecule has 1 aliphatic carbocycles. The number of pyridine rings is 1. The topological polar surface area (TPSA) is 104 Å². The number of carbonyl (C=O) groups is 2. The highest BCUT2D eigenvalue weighted by Gasteiger charge is 2.35. The summed E-state index contributed by atoms with van der Waals surface area (Å²) in [5.74, 6) is 0.802. The highest BCUT2D eigenvalue weighted by molar-refractivity contribution is 6.00. The summed E-state index contributed by atoms with van der Waals surface area (Å²) in [6, 6.07) is 8.94. The predicted molar refractivity (Wildman–Crippen MR) is 158 cm³/mol. The molecule has 0 radical (unpaired) electrons. The van der Waals surface area contributed by atoms with E-state index >= 15 is 0 Å². The van der Waals surface area contributed by atoms with Crippen LogP contribution in [0.5, 0.6) is 11.6 Å². The van der Waals surface area contributed by atoms with Gasteiger partial charge in [-0.25, -0.2) is 4.98 Å². The van der Waals surface area contributed by atoms with Gasteiger partial charge in [-0.2, -0.15) is 13.2 Å². The van der Waals surface area contributed by atoms with Crippen molar-refractivity contribution in [3.8, 4) is 11.6 Å². The number of methoxy groups -OCH3 is 1. The molecule has 2 saturated heterocycles. The Balaban J connectivity index is 1.15. The minimum atomic E-state index is -4.22. The average molecular weight is 619 g/mol. The van der Waals surface area contributed by atoms with Crippen LogP contribution >= 0.6 is 0 Å². The number of anilines is 1. The minimum absolute atomic E-state index is 0.0162. The molecule has 3 heterocycles. The number of likely N-dealkylation sites (tertiary alicyclic amines) is 1. The second-order valence-corrected chi connectivity index (χ2v) is 12.2. The Morgan fingerprint density at radius 1 is 1.05 bits per heavy atom. The van der Waals surface area contributed by atoms with Gasteiger partial charge >= 0.3 is 12.1 Å². The molecule has 2 aliphatic heterocycles. The molecule has 1 saturated carbocycles. The first-order valence-electron chi connectivity index (χ1n) is 15.4. The summed E-state index contributed by atoms with van der Waals surface area (Å²) in [6.07, 6.45) is 2.31. The standard InChI is InChI=1S/C32H41F3N4O5/c1-43-25-4-5-26(31(42)37-24-9-12-38(13-10-24)20-32(33,34)35)28(17-25)39-14-7-21(8-15-39)19-44-29-16-23(6-11-36-29)27(18-30(40)41)22-2-3-22/h4-6,11,16-17,21-22,24,27H,2-3,7-10,12-15,18-20H2,1H3,(H,37,42)(H,40,41). The molecule has 1 aromatic heterocycles. The highest BCUT2D eigenvalue weighted by atomic mass is 19.4. The Bertz CT molecular complexity index is 1290. The minimum Gasteiger partial charge on any atom is -0.497 e. The number of alkyl halides is 3. The van der Waals surface area contributed by atoms with E-state index in [2.05, 4.69) is 15.2 Å². The SMILES string of the molecule is COc1ccc(C(=O)NC2CCN(CC(F)(F)F)CC2)c(N2CCC(COc3cc(C(CC(=O)O)C4CC4)ccn3)CC2)c1. The molecule has 1 amide bonds. The largest absolute Gasteiger partial charge is 0.497 e. The Kier molecular flexibility index (Phi) is 10.2. The van der Waals surface area contributed by atoms with Crippen molar-refractivity contribution in [2.75, 3.05) is 51.3 Å². The molecule has 0 spiro atoms. The molecule has 1 atom stereocenters. The summed E-state index contributed by atoms with van der Waals surface area (Å²) in [5.41, 5.74) is 2.26. The number of hydrogen-bond acceptors (Lipinski definition) is 7. The number of amides is 1. The molecule has 5 rings (SSSR count). The van der Waals surface area contributed by atoms with Crippen LogP contribution in [0.15, 0.2) is 36.5 Å². The van der Waals surface area contributed by atoms with Gasteiger partial charge in [0.05, 0.1) is 37.9 Å². The van der Waals surface area contributed by atoms with Gasteiger partial charge in [-0.15, -0.1) is 0 Å². The fourth-order valence-electron chi connectivity index (χ4n) is 6.37. The van der Waals surface area contributed by atoms with Gasteiger partial charge in [-0.3, -0.25) is 14.5 Å². The zero-order valence-electron chi connectivity index (χ0n) is 25.0. The first kappa shape index (κ1) is 31.9. The number of nitrogens with one attached hydrogen (secondary N) is 1. The molecule has 1 aromatic carbocycles. The number of rotatable bonds is 12. The van der Waals surface area contributed by atoms with Crippen molar-refractivity contribution in [1.82, 2.24) is 15.2 Å². The Labute approximate surface area is 255 Å². The average Bonchev–Trinajstić information content (AvgIpc) is 3.85. The number of carbonyl (C=O) groups excluding carboxylic acids is 1. The number of nitrogens with zero attached hydrogens (tertiary/aromatic N) is 3. The second-order valence-electron chi connectivity index (χ2n) is 12.2. The summed E-state index contributed by atoms with van der Waals surface area (Å²) in [4.78, 5) is 32.6. The van der Waals surface area contributed by atoms with Crippen LogP contribution in [0.1, 0.15) is 66.8 Å². The maximum atomic E-state index is 13.4. The second kappa shape index (κ2) is 14.0. The fraction of sp³-hybridized carbons (Fsp3) is 0.594. The van der Waals surface area contributed by atoms with E-state index in [-0.39, 0.29) is 24.3 Å². The Morgan fingerprint density at radius 3 is 2.41 bits per heavy atom. The number of ether oxygens (including phenoxy) is 2. The van der Waals surface area contributed by atoms with Crippen molar-refractivity contribution < 1.29 is 37.3 Å². The predicted octanol–water partition coefficient (Wildman–Crippen LogP) is 5.11. The number of hydrogen-bond donors (Lipinski definition) is 2. The monoisotopic (exact) mass is 618 g/mol. The molecule has 1 unspecified atom stereocenters. The van der Waals surface area contributed by atoms with E-state index in [9.17, 15) is 27.9 Å². The van der Waals surface area contributed by atoms with Crippen molar-refractivity contribution >= 4 is 17.6 Å². The molecule has 12 heteroatoms. The Hall–Kier alpha value is -3.54. The number of aromatic nitrogens is 1. The van der Waals surface area contributed by atoms with E-state index in [0.717, 1.165) is 36.9 Å². The zero-order valence-corrected chi connectivity index (χ0v) is 25.0. The van der Waals surface area contributed by atoms with Gasteiger partial charge in [0.2, 0.25) is 5.88 Å². The lowest BCUT2D eigenvalue weighted by Crippen LogP contribution is -2.47. The highest BCUT2D eigenvalue weighted by Crippen LogP contribution is 2.45. The summed E-state index contributed by atoms with van der Waals surface area (Å²) in [5, 5.41) is 12.4. The van der Waals surface area contributed by atoms with E-state index in [0.29, 0.717) is 74.7 Å². The quantitative estimate of drug-likeness (QED) is 0.338. The van der Waals surface area contributed by atoms with Crippen molar-refractivity contribution in [1.29, 1.82) is 0 Å². The smallest absolute Gasteiger partial charge is 0.401 e. The first-order valence-corrected chi connectivity index (χ1v) is 15.4. The molecule has 0 bridgehead atoms. The molecule has 2 aromatic rings. The Morgan fingerprint density at radius 2 is 1.77 bits per heavy atom. The molecular weight excluding hydrogens is 577 g/mol. The summed E-state index contributed by atoms with van der Waals surface area (Å²) in [7, 11) is 1.58. The normalized spacial score (nSPS) is 19.4. The summed E-state index contributed by atoms with van der Waals surface area (Å²) in [6.45, 7) is 1.58. The molecule has 3 aliphatic rings. The number of halogens is 3. The fourth-order valence-corrected chi connectivity index (χ4v) is 6.37. The van der Waals surface area contributed by atoms with Gasteiger partial charge in [0, 0.05) is 50.6 Å².